The minimum Gasteiger partial charge on any atom is -0.394 e. The zero-order valence-electron chi connectivity index (χ0n) is 9.30. The Morgan fingerprint density at radius 1 is 1.33 bits per heavy atom. The normalized spacial score (nSPS) is 43.4. The van der Waals surface area contributed by atoms with E-state index in [2.05, 4.69) is 4.90 Å². The van der Waals surface area contributed by atoms with E-state index in [0.29, 0.717) is 0 Å². The molecule has 2 fully saturated rings. The Morgan fingerprint density at radius 2 is 2.13 bits per heavy atom. The van der Waals surface area contributed by atoms with Crippen LogP contribution in [0.2, 0.25) is 0 Å². The number of aliphatic hydroxyl groups excluding tert-OH is 2. The van der Waals surface area contributed by atoms with Crippen LogP contribution in [0.3, 0.4) is 0 Å². The standard InChI is InChI=1S/C11H21NO3/c1-8-5-12(6-9(7-13)15-8)10-3-2-4-11(10)14/h8-11,13-14H,2-7H2,1H3. The van der Waals surface area contributed by atoms with E-state index in [-0.39, 0.29) is 31.0 Å². The molecule has 4 nitrogen and oxygen atoms in total. The van der Waals surface area contributed by atoms with Crippen LogP contribution < -0.4 is 0 Å². The maximum absolute atomic E-state index is 9.84. The maximum atomic E-state index is 9.84. The van der Waals surface area contributed by atoms with Crippen molar-refractivity contribution in [3.63, 3.8) is 0 Å². The van der Waals surface area contributed by atoms with Gasteiger partial charge in [0.2, 0.25) is 0 Å². The third-order valence-electron chi connectivity index (χ3n) is 3.47. The lowest BCUT2D eigenvalue weighted by Gasteiger charge is -2.40. The molecule has 2 aliphatic rings. The first-order valence-electron chi connectivity index (χ1n) is 5.89. The summed E-state index contributed by atoms with van der Waals surface area (Å²) in [5, 5.41) is 19.0. The quantitative estimate of drug-likeness (QED) is 0.680. The van der Waals surface area contributed by atoms with Gasteiger partial charge in [0.25, 0.3) is 0 Å². The van der Waals surface area contributed by atoms with Crippen molar-refractivity contribution in [2.75, 3.05) is 19.7 Å². The molecule has 15 heavy (non-hydrogen) atoms. The third-order valence-corrected chi connectivity index (χ3v) is 3.47. The fraction of sp³-hybridized carbons (Fsp3) is 1.00. The highest BCUT2D eigenvalue weighted by atomic mass is 16.5. The second-order valence-corrected chi connectivity index (χ2v) is 4.77. The Morgan fingerprint density at radius 3 is 2.73 bits per heavy atom. The molecule has 2 N–H and O–H groups in total. The largest absolute Gasteiger partial charge is 0.394 e. The van der Waals surface area contributed by atoms with Crippen LogP contribution in [0.4, 0.5) is 0 Å². The number of rotatable bonds is 2. The summed E-state index contributed by atoms with van der Waals surface area (Å²) in [6.07, 6.45) is 2.99. The fourth-order valence-electron chi connectivity index (χ4n) is 2.80. The molecule has 0 radical (unpaired) electrons. The Bertz CT molecular complexity index is 212. The summed E-state index contributed by atoms with van der Waals surface area (Å²) in [5.41, 5.74) is 0. The molecule has 4 heteroatoms. The van der Waals surface area contributed by atoms with Crippen molar-refractivity contribution in [3.8, 4) is 0 Å². The average molecular weight is 215 g/mol. The van der Waals surface area contributed by atoms with E-state index in [9.17, 15) is 5.11 Å². The molecule has 0 aromatic rings. The number of hydrogen-bond acceptors (Lipinski definition) is 4. The highest BCUT2D eigenvalue weighted by Gasteiger charge is 2.35. The smallest absolute Gasteiger partial charge is 0.0936 e. The van der Waals surface area contributed by atoms with Gasteiger partial charge in [0.05, 0.1) is 24.9 Å². The van der Waals surface area contributed by atoms with Crippen LogP contribution in [0.1, 0.15) is 26.2 Å². The number of hydrogen-bond donors (Lipinski definition) is 2. The van der Waals surface area contributed by atoms with Crippen molar-refractivity contribution in [1.29, 1.82) is 0 Å². The van der Waals surface area contributed by atoms with Crippen LogP contribution in [-0.2, 0) is 4.74 Å². The van der Waals surface area contributed by atoms with Crippen LogP contribution in [-0.4, -0.2) is 59.2 Å². The van der Waals surface area contributed by atoms with E-state index in [1.807, 2.05) is 6.92 Å². The third kappa shape index (κ3) is 2.50. The van der Waals surface area contributed by atoms with Crippen LogP contribution >= 0.6 is 0 Å². The molecule has 0 aromatic heterocycles. The number of nitrogens with zero attached hydrogens (tertiary/aromatic N) is 1. The first-order chi connectivity index (χ1) is 7.20. The Hall–Kier alpha value is -0.160. The zero-order valence-corrected chi connectivity index (χ0v) is 9.30. The Balaban J connectivity index is 1.95. The fourth-order valence-corrected chi connectivity index (χ4v) is 2.80. The molecule has 1 aliphatic carbocycles. The van der Waals surface area contributed by atoms with Gasteiger partial charge in [0, 0.05) is 19.1 Å². The van der Waals surface area contributed by atoms with Crippen molar-refractivity contribution >= 4 is 0 Å². The highest BCUT2D eigenvalue weighted by Crippen LogP contribution is 2.26. The summed E-state index contributed by atoms with van der Waals surface area (Å²) in [7, 11) is 0. The molecule has 1 aliphatic heterocycles. The summed E-state index contributed by atoms with van der Waals surface area (Å²) >= 11 is 0. The van der Waals surface area contributed by atoms with Crippen LogP contribution in [0.25, 0.3) is 0 Å². The first-order valence-corrected chi connectivity index (χ1v) is 5.89. The van der Waals surface area contributed by atoms with Crippen LogP contribution in [0.5, 0.6) is 0 Å². The summed E-state index contributed by atoms with van der Waals surface area (Å²) in [5.74, 6) is 0. The molecule has 88 valence electrons. The molecular formula is C11H21NO3. The summed E-state index contributed by atoms with van der Waals surface area (Å²) in [6, 6.07) is 0.283. The van der Waals surface area contributed by atoms with Gasteiger partial charge in [0.15, 0.2) is 0 Å². The van der Waals surface area contributed by atoms with Crippen LogP contribution in [0.15, 0.2) is 0 Å². The van der Waals surface area contributed by atoms with Gasteiger partial charge in [-0.2, -0.15) is 0 Å². The van der Waals surface area contributed by atoms with Gasteiger partial charge in [-0.3, -0.25) is 4.90 Å². The minimum atomic E-state index is -0.186. The van der Waals surface area contributed by atoms with E-state index in [1.165, 1.54) is 0 Å². The molecule has 2 rings (SSSR count). The number of aliphatic hydroxyl groups is 2. The van der Waals surface area contributed by atoms with Crippen molar-refractivity contribution < 1.29 is 14.9 Å². The maximum Gasteiger partial charge on any atom is 0.0936 e. The van der Waals surface area contributed by atoms with E-state index in [0.717, 1.165) is 32.4 Å². The molecule has 0 amide bonds. The molecule has 0 bridgehead atoms. The zero-order chi connectivity index (χ0) is 10.8. The van der Waals surface area contributed by atoms with Crippen molar-refractivity contribution in [2.45, 2.75) is 50.5 Å². The summed E-state index contributed by atoms with van der Waals surface area (Å²) in [6.45, 7) is 3.72. The van der Waals surface area contributed by atoms with Gasteiger partial charge in [0.1, 0.15) is 0 Å². The number of morpholine rings is 1. The van der Waals surface area contributed by atoms with Crippen molar-refractivity contribution in [3.05, 3.63) is 0 Å². The minimum absolute atomic E-state index is 0.0731. The molecule has 1 saturated carbocycles. The van der Waals surface area contributed by atoms with E-state index in [4.69, 9.17) is 9.84 Å². The average Bonchev–Trinajstić information content (AvgIpc) is 2.63. The molecule has 0 spiro atoms. The van der Waals surface area contributed by atoms with Gasteiger partial charge in [-0.05, 0) is 26.2 Å². The molecule has 1 heterocycles. The van der Waals surface area contributed by atoms with Gasteiger partial charge >= 0.3 is 0 Å². The van der Waals surface area contributed by atoms with Crippen molar-refractivity contribution in [2.24, 2.45) is 0 Å². The second kappa shape index (κ2) is 4.78. The predicted octanol–water partition coefficient (Wildman–Crippen LogP) is -0.0186. The molecule has 1 saturated heterocycles. The molecule has 0 aromatic carbocycles. The van der Waals surface area contributed by atoms with Crippen molar-refractivity contribution in [1.82, 2.24) is 4.90 Å². The summed E-state index contributed by atoms with van der Waals surface area (Å²) < 4.78 is 5.59. The SMILES string of the molecule is CC1CN(C2CCCC2O)CC(CO)O1. The Labute approximate surface area is 90.8 Å². The van der Waals surface area contributed by atoms with E-state index < -0.39 is 0 Å². The van der Waals surface area contributed by atoms with Gasteiger partial charge in [-0.15, -0.1) is 0 Å². The highest BCUT2D eigenvalue weighted by molar-refractivity contribution is 4.89. The predicted molar refractivity (Wildman–Crippen MR) is 56.6 cm³/mol. The summed E-state index contributed by atoms with van der Waals surface area (Å²) in [4.78, 5) is 2.28. The lowest BCUT2D eigenvalue weighted by Crippen LogP contribution is -2.53. The number of ether oxygens (including phenoxy) is 1. The lowest BCUT2D eigenvalue weighted by atomic mass is 10.1. The monoisotopic (exact) mass is 215 g/mol. The van der Waals surface area contributed by atoms with E-state index >= 15 is 0 Å². The first kappa shape index (κ1) is 11.3. The van der Waals surface area contributed by atoms with Crippen LogP contribution in [0, 0.1) is 0 Å². The van der Waals surface area contributed by atoms with Gasteiger partial charge in [-0.1, -0.05) is 0 Å². The lowest BCUT2D eigenvalue weighted by molar-refractivity contribution is -0.113. The van der Waals surface area contributed by atoms with Gasteiger partial charge < -0.3 is 14.9 Å². The van der Waals surface area contributed by atoms with Gasteiger partial charge in [-0.25, -0.2) is 0 Å². The second-order valence-electron chi connectivity index (χ2n) is 4.77. The topological polar surface area (TPSA) is 52.9 Å². The Kier molecular flexibility index (Phi) is 3.61. The molecule has 4 atom stereocenters. The molecule has 4 unspecified atom stereocenters. The molecular weight excluding hydrogens is 194 g/mol. The van der Waals surface area contributed by atoms with E-state index in [1.54, 1.807) is 0 Å².